The van der Waals surface area contributed by atoms with Crippen LogP contribution in [-0.2, 0) is 0 Å². The second kappa shape index (κ2) is 7.04. The van der Waals surface area contributed by atoms with E-state index in [4.69, 9.17) is 0 Å². The second-order valence-corrected chi connectivity index (χ2v) is 6.14. The summed E-state index contributed by atoms with van der Waals surface area (Å²) in [6.45, 7) is 7.88. The molecule has 106 valence electrons. The highest BCUT2D eigenvalue weighted by Gasteiger charge is 2.28. The summed E-state index contributed by atoms with van der Waals surface area (Å²) in [6, 6.07) is 4.83. The van der Waals surface area contributed by atoms with Crippen LogP contribution in [0.3, 0.4) is 0 Å². The van der Waals surface area contributed by atoms with Gasteiger partial charge < -0.3 is 5.32 Å². The molecule has 1 N–H and O–H groups in total. The first-order valence-corrected chi connectivity index (χ1v) is 7.87. The van der Waals surface area contributed by atoms with Gasteiger partial charge in [0, 0.05) is 17.9 Å². The fraction of sp³-hybridized carbons (Fsp3) is 0.706. The number of pyridine rings is 1. The van der Waals surface area contributed by atoms with Crippen LogP contribution >= 0.6 is 0 Å². The maximum Gasteiger partial charge on any atom is 0.0420 e. The first-order valence-electron chi connectivity index (χ1n) is 7.87. The van der Waals surface area contributed by atoms with Crippen molar-refractivity contribution in [3.63, 3.8) is 0 Å². The first-order chi connectivity index (χ1) is 9.22. The fourth-order valence-corrected chi connectivity index (χ4v) is 3.44. The molecule has 0 saturated heterocycles. The zero-order valence-corrected chi connectivity index (χ0v) is 12.7. The molecule has 0 amide bonds. The minimum atomic E-state index is 0.497. The van der Waals surface area contributed by atoms with E-state index in [1.165, 1.54) is 43.4 Å². The lowest BCUT2D eigenvalue weighted by Gasteiger charge is -2.34. The Morgan fingerprint density at radius 2 is 2.26 bits per heavy atom. The second-order valence-electron chi connectivity index (χ2n) is 6.14. The van der Waals surface area contributed by atoms with Gasteiger partial charge in [-0.25, -0.2) is 0 Å². The SMILES string of the molecule is CCCNC(c1cccnc1C)C1CCCC(C)C1. The van der Waals surface area contributed by atoms with Gasteiger partial charge in [0.15, 0.2) is 0 Å². The average molecular weight is 260 g/mol. The lowest BCUT2D eigenvalue weighted by molar-refractivity contribution is 0.223. The minimum absolute atomic E-state index is 0.497. The van der Waals surface area contributed by atoms with Crippen molar-refractivity contribution in [3.8, 4) is 0 Å². The normalized spacial score (nSPS) is 25.2. The molecule has 2 nitrogen and oxygen atoms in total. The molecule has 3 atom stereocenters. The van der Waals surface area contributed by atoms with Crippen LogP contribution < -0.4 is 5.32 Å². The van der Waals surface area contributed by atoms with E-state index < -0.39 is 0 Å². The van der Waals surface area contributed by atoms with Crippen molar-refractivity contribution in [2.45, 2.75) is 58.9 Å². The predicted molar refractivity (Wildman–Crippen MR) is 81.1 cm³/mol. The summed E-state index contributed by atoms with van der Waals surface area (Å²) in [5.41, 5.74) is 2.60. The standard InChI is InChI=1S/C17H28N2/c1-4-10-19-17(15-8-5-7-13(2)12-15)16-9-6-11-18-14(16)3/h6,9,11,13,15,17,19H,4-5,7-8,10,12H2,1-3H3. The van der Waals surface area contributed by atoms with Crippen LogP contribution in [-0.4, -0.2) is 11.5 Å². The summed E-state index contributed by atoms with van der Waals surface area (Å²) in [5.74, 6) is 1.65. The maximum absolute atomic E-state index is 4.48. The van der Waals surface area contributed by atoms with Crippen LogP contribution in [0.4, 0.5) is 0 Å². The van der Waals surface area contributed by atoms with Gasteiger partial charge in [0.25, 0.3) is 0 Å². The van der Waals surface area contributed by atoms with Crippen LogP contribution in [0.15, 0.2) is 18.3 Å². The first kappa shape index (κ1) is 14.5. The number of aromatic nitrogens is 1. The molecule has 2 heteroatoms. The van der Waals surface area contributed by atoms with Crippen molar-refractivity contribution >= 4 is 0 Å². The van der Waals surface area contributed by atoms with Gasteiger partial charge in [-0.2, -0.15) is 0 Å². The maximum atomic E-state index is 4.48. The molecule has 0 bridgehead atoms. The molecule has 3 unspecified atom stereocenters. The molecule has 1 aliphatic carbocycles. The van der Waals surface area contributed by atoms with Gasteiger partial charge in [-0.05, 0) is 56.2 Å². The topological polar surface area (TPSA) is 24.9 Å². The van der Waals surface area contributed by atoms with Crippen LogP contribution in [0.5, 0.6) is 0 Å². The average Bonchev–Trinajstić information content (AvgIpc) is 2.41. The molecule has 1 aliphatic rings. The van der Waals surface area contributed by atoms with Crippen molar-refractivity contribution in [2.75, 3.05) is 6.54 Å². The van der Waals surface area contributed by atoms with E-state index in [9.17, 15) is 0 Å². The molecular formula is C17H28N2. The van der Waals surface area contributed by atoms with E-state index in [-0.39, 0.29) is 0 Å². The largest absolute Gasteiger partial charge is 0.310 e. The molecular weight excluding hydrogens is 232 g/mol. The lowest BCUT2D eigenvalue weighted by atomic mass is 9.76. The number of rotatable bonds is 5. The zero-order valence-electron chi connectivity index (χ0n) is 12.7. The molecule has 1 saturated carbocycles. The summed E-state index contributed by atoms with van der Waals surface area (Å²) in [7, 11) is 0. The third kappa shape index (κ3) is 3.79. The molecule has 1 heterocycles. The molecule has 1 aromatic rings. The van der Waals surface area contributed by atoms with Crippen LogP contribution in [0, 0.1) is 18.8 Å². The van der Waals surface area contributed by atoms with Crippen LogP contribution in [0.1, 0.15) is 63.3 Å². The number of hydrogen-bond acceptors (Lipinski definition) is 2. The van der Waals surface area contributed by atoms with Crippen molar-refractivity contribution in [1.82, 2.24) is 10.3 Å². The molecule has 0 aromatic carbocycles. The Morgan fingerprint density at radius 3 is 2.95 bits per heavy atom. The summed E-state index contributed by atoms with van der Waals surface area (Å²) in [6.07, 6.45) is 8.60. The van der Waals surface area contributed by atoms with E-state index in [1.807, 2.05) is 6.20 Å². The van der Waals surface area contributed by atoms with Gasteiger partial charge in [0.1, 0.15) is 0 Å². The highest BCUT2D eigenvalue weighted by atomic mass is 14.9. The molecule has 0 spiro atoms. The quantitative estimate of drug-likeness (QED) is 0.855. The van der Waals surface area contributed by atoms with Crippen molar-refractivity contribution in [1.29, 1.82) is 0 Å². The van der Waals surface area contributed by atoms with Crippen LogP contribution in [0.2, 0.25) is 0 Å². The molecule has 0 radical (unpaired) electrons. The third-order valence-electron chi connectivity index (χ3n) is 4.45. The zero-order chi connectivity index (χ0) is 13.7. The predicted octanol–water partition coefficient (Wildman–Crippen LogP) is 4.26. The summed E-state index contributed by atoms with van der Waals surface area (Å²) in [5, 5.41) is 3.78. The Kier molecular flexibility index (Phi) is 5.38. The van der Waals surface area contributed by atoms with E-state index in [1.54, 1.807) is 0 Å². The molecule has 0 aliphatic heterocycles. The third-order valence-corrected chi connectivity index (χ3v) is 4.45. The number of nitrogens with one attached hydrogen (secondary N) is 1. The van der Waals surface area contributed by atoms with Gasteiger partial charge in [-0.1, -0.05) is 32.8 Å². The van der Waals surface area contributed by atoms with Crippen LogP contribution in [0.25, 0.3) is 0 Å². The number of hydrogen-bond donors (Lipinski definition) is 1. The Hall–Kier alpha value is -0.890. The lowest BCUT2D eigenvalue weighted by Crippen LogP contribution is -2.32. The number of aryl methyl sites for hydroxylation is 1. The van der Waals surface area contributed by atoms with Gasteiger partial charge in [-0.15, -0.1) is 0 Å². The molecule has 19 heavy (non-hydrogen) atoms. The highest BCUT2D eigenvalue weighted by molar-refractivity contribution is 5.23. The number of nitrogens with zero attached hydrogens (tertiary/aromatic N) is 1. The molecule has 1 aromatic heterocycles. The summed E-state index contributed by atoms with van der Waals surface area (Å²) < 4.78 is 0. The van der Waals surface area contributed by atoms with Gasteiger partial charge >= 0.3 is 0 Å². The van der Waals surface area contributed by atoms with Gasteiger partial charge in [0.2, 0.25) is 0 Å². The van der Waals surface area contributed by atoms with Crippen molar-refractivity contribution < 1.29 is 0 Å². The Morgan fingerprint density at radius 1 is 1.42 bits per heavy atom. The summed E-state index contributed by atoms with van der Waals surface area (Å²) in [4.78, 5) is 4.48. The Labute approximate surface area is 118 Å². The summed E-state index contributed by atoms with van der Waals surface area (Å²) >= 11 is 0. The monoisotopic (exact) mass is 260 g/mol. The smallest absolute Gasteiger partial charge is 0.0420 e. The molecule has 1 fully saturated rings. The Bertz CT molecular complexity index is 389. The van der Waals surface area contributed by atoms with Gasteiger partial charge in [0.05, 0.1) is 0 Å². The minimum Gasteiger partial charge on any atom is -0.310 e. The fourth-order valence-electron chi connectivity index (χ4n) is 3.44. The van der Waals surface area contributed by atoms with Crippen molar-refractivity contribution in [3.05, 3.63) is 29.6 Å². The van der Waals surface area contributed by atoms with E-state index in [0.29, 0.717) is 6.04 Å². The highest BCUT2D eigenvalue weighted by Crippen LogP contribution is 2.37. The molecule has 2 rings (SSSR count). The Balaban J connectivity index is 2.17. The van der Waals surface area contributed by atoms with Gasteiger partial charge in [-0.3, -0.25) is 4.98 Å². The van der Waals surface area contributed by atoms with Crippen molar-refractivity contribution in [2.24, 2.45) is 11.8 Å². The van der Waals surface area contributed by atoms with E-state index in [0.717, 1.165) is 18.4 Å². The van der Waals surface area contributed by atoms with E-state index >= 15 is 0 Å². The van der Waals surface area contributed by atoms with E-state index in [2.05, 4.69) is 43.2 Å².